The van der Waals surface area contributed by atoms with Crippen molar-refractivity contribution < 1.29 is 9.59 Å². The van der Waals surface area contributed by atoms with E-state index in [1.165, 1.54) is 10.5 Å². The molecule has 3 aliphatic rings. The van der Waals surface area contributed by atoms with Crippen molar-refractivity contribution in [2.45, 2.75) is 50.5 Å². The summed E-state index contributed by atoms with van der Waals surface area (Å²) in [6.07, 6.45) is 2.73. The highest BCUT2D eigenvalue weighted by atomic mass is 32.2. The van der Waals surface area contributed by atoms with Crippen molar-refractivity contribution in [3.8, 4) is 0 Å². The number of benzene rings is 1. The number of likely N-dealkylation sites (N-methyl/N-ethyl adjacent to an activating group) is 2. The minimum Gasteiger partial charge on any atom is -0.343 e. The van der Waals surface area contributed by atoms with E-state index in [9.17, 15) is 9.59 Å². The Hall–Kier alpha value is -3.14. The number of nitrogens with zero attached hydrogens (tertiary/aromatic N) is 7. The van der Waals surface area contributed by atoms with E-state index in [0.717, 1.165) is 54.9 Å². The van der Waals surface area contributed by atoms with Gasteiger partial charge in [0.25, 0.3) is 5.91 Å². The molecule has 1 aromatic carbocycles. The molecule has 4 heterocycles. The monoisotopic (exact) mass is 521 g/mol. The standard InChI is InChI=1S/C27H35N7O2S/c1-18-16-19(2)29-25(28-18)37-15-14-34-22-23(31(3)27(36)32(4)24(22)35)30-26(34)33-12-10-21(11-13-33)17-20-8-6-5-7-9-20/h5-9,16,21-23H,10-15,17H2,1-4H3. The maximum absolute atomic E-state index is 13.3. The van der Waals surface area contributed by atoms with Crippen LogP contribution in [0.5, 0.6) is 0 Å². The van der Waals surface area contributed by atoms with E-state index in [0.29, 0.717) is 18.2 Å². The number of amides is 3. The van der Waals surface area contributed by atoms with Gasteiger partial charge in [-0.05, 0) is 50.7 Å². The number of hydrogen-bond donors (Lipinski definition) is 0. The second kappa shape index (κ2) is 10.7. The molecule has 2 aromatic rings. The zero-order valence-corrected chi connectivity index (χ0v) is 22.8. The number of fused-ring (bicyclic) bond motifs is 1. The predicted octanol–water partition coefficient (Wildman–Crippen LogP) is 3.03. The van der Waals surface area contributed by atoms with Crippen LogP contribution in [0.1, 0.15) is 29.8 Å². The maximum Gasteiger partial charge on any atom is 0.328 e. The molecule has 3 amide bonds. The minimum absolute atomic E-state index is 0.196. The summed E-state index contributed by atoms with van der Waals surface area (Å²) in [4.78, 5) is 47.3. The van der Waals surface area contributed by atoms with Gasteiger partial charge >= 0.3 is 6.03 Å². The number of carbonyl (C=O) groups is 2. The topological polar surface area (TPSA) is 85.2 Å². The van der Waals surface area contributed by atoms with Gasteiger partial charge in [0.1, 0.15) is 0 Å². The largest absolute Gasteiger partial charge is 0.343 e. The summed E-state index contributed by atoms with van der Waals surface area (Å²) in [6.45, 7) is 6.34. The lowest BCUT2D eigenvalue weighted by Gasteiger charge is -2.41. The van der Waals surface area contributed by atoms with Crippen LogP contribution in [-0.2, 0) is 11.2 Å². The average molecular weight is 522 g/mol. The molecule has 9 nitrogen and oxygen atoms in total. The fraction of sp³-hybridized carbons (Fsp3) is 0.519. The third-order valence-electron chi connectivity index (χ3n) is 7.48. The van der Waals surface area contributed by atoms with Crippen molar-refractivity contribution in [2.75, 3.05) is 39.5 Å². The molecule has 0 spiro atoms. The number of likely N-dealkylation sites (tertiary alicyclic amines) is 1. The smallest absolute Gasteiger partial charge is 0.328 e. The fourth-order valence-corrected chi connectivity index (χ4v) is 6.42. The number of hydrogen-bond acceptors (Lipinski definition) is 8. The van der Waals surface area contributed by atoms with Crippen LogP contribution in [0.2, 0.25) is 0 Å². The molecule has 10 heteroatoms. The minimum atomic E-state index is -0.509. The molecule has 2 atom stereocenters. The summed E-state index contributed by atoms with van der Waals surface area (Å²) < 4.78 is 0. The van der Waals surface area contributed by atoms with Gasteiger partial charge in [-0.3, -0.25) is 9.69 Å². The molecule has 2 fully saturated rings. The van der Waals surface area contributed by atoms with Crippen molar-refractivity contribution >= 4 is 29.7 Å². The van der Waals surface area contributed by atoms with E-state index in [4.69, 9.17) is 4.99 Å². The van der Waals surface area contributed by atoms with Gasteiger partial charge < -0.3 is 14.7 Å². The fourth-order valence-electron chi connectivity index (χ4n) is 5.53. The first-order chi connectivity index (χ1) is 17.8. The summed E-state index contributed by atoms with van der Waals surface area (Å²) in [5.74, 6) is 1.98. The zero-order valence-electron chi connectivity index (χ0n) is 22.0. The summed E-state index contributed by atoms with van der Waals surface area (Å²) in [5.41, 5.74) is 3.27. The molecule has 0 saturated carbocycles. The Morgan fingerprint density at radius 3 is 2.35 bits per heavy atom. The number of urea groups is 1. The number of thioether (sulfide) groups is 1. The Balaban J connectivity index is 1.30. The molecular formula is C27H35N7O2S. The van der Waals surface area contributed by atoms with E-state index < -0.39 is 12.2 Å². The van der Waals surface area contributed by atoms with Gasteiger partial charge in [-0.1, -0.05) is 42.1 Å². The van der Waals surface area contributed by atoms with Crippen LogP contribution < -0.4 is 0 Å². The average Bonchev–Trinajstić information content (AvgIpc) is 3.26. The Labute approximate surface area is 222 Å². The first-order valence-electron chi connectivity index (χ1n) is 12.9. The van der Waals surface area contributed by atoms with E-state index in [1.807, 2.05) is 19.9 Å². The van der Waals surface area contributed by atoms with E-state index in [2.05, 4.69) is 50.1 Å². The van der Waals surface area contributed by atoms with Gasteiger partial charge in [0.05, 0.1) is 0 Å². The quantitative estimate of drug-likeness (QED) is 0.427. The second-order valence-corrected chi connectivity index (χ2v) is 11.2. The van der Waals surface area contributed by atoms with E-state index in [1.54, 1.807) is 30.8 Å². The van der Waals surface area contributed by atoms with Crippen LogP contribution >= 0.6 is 11.8 Å². The number of aryl methyl sites for hydroxylation is 2. The highest BCUT2D eigenvalue weighted by Gasteiger charge is 2.52. The molecule has 2 saturated heterocycles. The maximum atomic E-state index is 13.3. The van der Waals surface area contributed by atoms with Gasteiger partial charge in [0, 0.05) is 50.9 Å². The highest BCUT2D eigenvalue weighted by Crippen LogP contribution is 2.31. The number of aromatic nitrogens is 2. The molecule has 0 N–H and O–H groups in total. The van der Waals surface area contributed by atoms with Gasteiger partial charge in [-0.25, -0.2) is 19.8 Å². The first-order valence-corrected chi connectivity index (χ1v) is 13.9. The molecule has 37 heavy (non-hydrogen) atoms. The predicted molar refractivity (Wildman–Crippen MR) is 144 cm³/mol. The van der Waals surface area contributed by atoms with Crippen LogP contribution in [0.3, 0.4) is 0 Å². The lowest BCUT2D eigenvalue weighted by atomic mass is 9.90. The van der Waals surface area contributed by atoms with Crippen LogP contribution in [0.15, 0.2) is 46.5 Å². The molecule has 0 bridgehead atoms. The normalized spacial score (nSPS) is 22.5. The third-order valence-corrected chi connectivity index (χ3v) is 8.31. The Bertz CT molecular complexity index is 1160. The molecular weight excluding hydrogens is 486 g/mol. The molecule has 1 aromatic heterocycles. The van der Waals surface area contributed by atoms with Crippen LogP contribution in [0.25, 0.3) is 0 Å². The van der Waals surface area contributed by atoms with Gasteiger partial charge in [0.15, 0.2) is 23.3 Å². The molecule has 5 rings (SSSR count). The zero-order chi connectivity index (χ0) is 26.1. The van der Waals surface area contributed by atoms with E-state index in [-0.39, 0.29) is 11.9 Å². The Morgan fingerprint density at radius 2 is 1.68 bits per heavy atom. The van der Waals surface area contributed by atoms with Crippen molar-refractivity contribution in [3.05, 3.63) is 53.3 Å². The van der Waals surface area contributed by atoms with Crippen molar-refractivity contribution in [1.82, 2.24) is 29.6 Å². The number of guanidine groups is 1. The highest BCUT2D eigenvalue weighted by molar-refractivity contribution is 7.99. The summed E-state index contributed by atoms with van der Waals surface area (Å²) in [7, 11) is 3.29. The number of carbonyl (C=O) groups excluding carboxylic acids is 2. The SMILES string of the molecule is Cc1cc(C)nc(SCCN2C(N3CCC(Cc4ccccc4)CC3)=NC3C2C(=O)N(C)C(=O)N3C)n1. The summed E-state index contributed by atoms with van der Waals surface area (Å²) in [6, 6.07) is 11.8. The van der Waals surface area contributed by atoms with Crippen LogP contribution in [0.4, 0.5) is 4.79 Å². The number of rotatable bonds is 6. The van der Waals surface area contributed by atoms with Crippen LogP contribution in [0, 0.1) is 19.8 Å². The second-order valence-electron chi connectivity index (χ2n) is 10.2. The number of aliphatic imine (C=N–C) groups is 1. The summed E-state index contributed by atoms with van der Waals surface area (Å²) in [5, 5.41) is 0.743. The Kier molecular flexibility index (Phi) is 7.37. The van der Waals surface area contributed by atoms with Crippen molar-refractivity contribution in [3.63, 3.8) is 0 Å². The van der Waals surface area contributed by atoms with E-state index >= 15 is 0 Å². The molecule has 3 aliphatic heterocycles. The molecule has 0 aliphatic carbocycles. The van der Waals surface area contributed by atoms with Gasteiger partial charge in [0.2, 0.25) is 0 Å². The molecule has 196 valence electrons. The lowest BCUT2D eigenvalue weighted by molar-refractivity contribution is -0.136. The third kappa shape index (κ3) is 5.30. The first kappa shape index (κ1) is 25.5. The lowest BCUT2D eigenvalue weighted by Crippen LogP contribution is -2.64. The Morgan fingerprint density at radius 1 is 1.00 bits per heavy atom. The van der Waals surface area contributed by atoms with Crippen molar-refractivity contribution in [1.29, 1.82) is 0 Å². The van der Waals surface area contributed by atoms with Crippen molar-refractivity contribution in [2.24, 2.45) is 10.9 Å². The summed E-state index contributed by atoms with van der Waals surface area (Å²) >= 11 is 1.59. The van der Waals surface area contributed by atoms with Gasteiger partial charge in [-0.15, -0.1) is 0 Å². The number of imide groups is 1. The molecule has 2 unspecified atom stereocenters. The molecule has 0 radical (unpaired) electrons. The van der Waals surface area contributed by atoms with Crippen LogP contribution in [-0.4, -0.2) is 99.2 Å². The van der Waals surface area contributed by atoms with Gasteiger partial charge in [-0.2, -0.15) is 0 Å². The number of piperidine rings is 1.